The van der Waals surface area contributed by atoms with E-state index in [4.69, 9.17) is 11.6 Å². The van der Waals surface area contributed by atoms with Gasteiger partial charge in [0.15, 0.2) is 5.96 Å². The molecule has 0 unspecified atom stereocenters. The number of rotatable bonds is 6. The van der Waals surface area contributed by atoms with Gasteiger partial charge in [-0.15, -0.1) is 0 Å². The molecule has 5 heteroatoms. The molecule has 2 N–H and O–H groups in total. The molecule has 1 aliphatic heterocycles. The zero-order valence-corrected chi connectivity index (χ0v) is 15.1. The number of likely N-dealkylation sites (tertiary alicyclic amines) is 1. The summed E-state index contributed by atoms with van der Waals surface area (Å²) in [4.78, 5) is 6.88. The Labute approximate surface area is 145 Å². The average molecular weight is 337 g/mol. The highest BCUT2D eigenvalue weighted by atomic mass is 35.5. The smallest absolute Gasteiger partial charge is 0.191 e. The van der Waals surface area contributed by atoms with E-state index in [0.29, 0.717) is 0 Å². The molecule has 1 aliphatic rings. The average Bonchev–Trinajstić information content (AvgIpc) is 2.58. The molecular weight excluding hydrogens is 308 g/mol. The first kappa shape index (κ1) is 18.1. The summed E-state index contributed by atoms with van der Waals surface area (Å²) in [7, 11) is 1.82. The fraction of sp³-hybridized carbons (Fsp3) is 0.611. The first-order valence-electron chi connectivity index (χ1n) is 8.62. The van der Waals surface area contributed by atoms with Gasteiger partial charge in [0, 0.05) is 25.2 Å². The third kappa shape index (κ3) is 6.40. The van der Waals surface area contributed by atoms with E-state index in [1.54, 1.807) is 0 Å². The number of nitrogens with one attached hydrogen (secondary N) is 2. The first-order chi connectivity index (χ1) is 11.2. The zero-order valence-electron chi connectivity index (χ0n) is 14.3. The van der Waals surface area contributed by atoms with Crippen LogP contribution in [0.15, 0.2) is 29.3 Å². The van der Waals surface area contributed by atoms with Crippen LogP contribution in [-0.2, 0) is 6.54 Å². The molecule has 0 atom stereocenters. The minimum absolute atomic E-state index is 0.747. The second-order valence-electron chi connectivity index (χ2n) is 6.22. The van der Waals surface area contributed by atoms with Crippen LogP contribution >= 0.6 is 11.6 Å². The van der Waals surface area contributed by atoms with Gasteiger partial charge in [-0.2, -0.15) is 0 Å². The molecule has 0 spiro atoms. The SMILES string of the molecule is CCCN1CCC(CNC(=NC)NCc2ccc(Cl)cc2)CC1. The highest BCUT2D eigenvalue weighted by Gasteiger charge is 2.18. The van der Waals surface area contributed by atoms with Gasteiger partial charge in [-0.25, -0.2) is 0 Å². The number of halogens is 1. The Kier molecular flexibility index (Phi) is 7.69. The number of aliphatic imine (C=N–C) groups is 1. The van der Waals surface area contributed by atoms with Crippen molar-refractivity contribution >= 4 is 17.6 Å². The summed E-state index contributed by atoms with van der Waals surface area (Å²) in [5.41, 5.74) is 1.20. The molecule has 1 heterocycles. The molecule has 1 saturated heterocycles. The van der Waals surface area contributed by atoms with Crippen molar-refractivity contribution in [2.75, 3.05) is 33.2 Å². The fourth-order valence-corrected chi connectivity index (χ4v) is 3.11. The number of nitrogens with zero attached hydrogens (tertiary/aromatic N) is 2. The molecule has 0 aromatic heterocycles. The van der Waals surface area contributed by atoms with Crippen LogP contribution in [0.25, 0.3) is 0 Å². The predicted octanol–water partition coefficient (Wildman–Crippen LogP) is 3.13. The molecule has 1 aromatic rings. The van der Waals surface area contributed by atoms with Gasteiger partial charge >= 0.3 is 0 Å². The number of piperidine rings is 1. The Morgan fingerprint density at radius 2 is 1.91 bits per heavy atom. The Hall–Kier alpha value is -1.26. The molecule has 0 amide bonds. The molecule has 2 rings (SSSR count). The second-order valence-corrected chi connectivity index (χ2v) is 6.65. The molecule has 0 bridgehead atoms. The van der Waals surface area contributed by atoms with E-state index in [1.807, 2.05) is 31.3 Å². The van der Waals surface area contributed by atoms with Gasteiger partial charge in [0.2, 0.25) is 0 Å². The van der Waals surface area contributed by atoms with Crippen LogP contribution in [0.4, 0.5) is 0 Å². The molecule has 128 valence electrons. The fourth-order valence-electron chi connectivity index (χ4n) is 2.98. The number of benzene rings is 1. The van der Waals surface area contributed by atoms with Gasteiger partial charge in [0.25, 0.3) is 0 Å². The Bertz CT molecular complexity index is 478. The summed E-state index contributed by atoms with van der Waals surface area (Å²) in [6, 6.07) is 7.90. The molecule has 23 heavy (non-hydrogen) atoms. The third-order valence-electron chi connectivity index (χ3n) is 4.40. The van der Waals surface area contributed by atoms with Crippen LogP contribution in [-0.4, -0.2) is 44.1 Å². The van der Waals surface area contributed by atoms with Crippen molar-refractivity contribution in [3.05, 3.63) is 34.9 Å². The molecular formula is C18H29ClN4. The summed E-state index contributed by atoms with van der Waals surface area (Å²) in [5.74, 6) is 1.62. The van der Waals surface area contributed by atoms with E-state index in [9.17, 15) is 0 Å². The lowest BCUT2D eigenvalue weighted by atomic mass is 9.97. The van der Waals surface area contributed by atoms with E-state index in [-0.39, 0.29) is 0 Å². The van der Waals surface area contributed by atoms with Crippen molar-refractivity contribution in [3.8, 4) is 0 Å². The maximum atomic E-state index is 5.91. The van der Waals surface area contributed by atoms with Crippen molar-refractivity contribution in [2.24, 2.45) is 10.9 Å². The van der Waals surface area contributed by atoms with Gasteiger partial charge in [0.1, 0.15) is 0 Å². The first-order valence-corrected chi connectivity index (χ1v) is 9.00. The van der Waals surface area contributed by atoms with E-state index >= 15 is 0 Å². The molecule has 4 nitrogen and oxygen atoms in total. The second kappa shape index (κ2) is 9.78. The van der Waals surface area contributed by atoms with Gasteiger partial charge in [-0.3, -0.25) is 4.99 Å². The van der Waals surface area contributed by atoms with Crippen molar-refractivity contribution in [3.63, 3.8) is 0 Å². The number of guanidine groups is 1. The van der Waals surface area contributed by atoms with Gasteiger partial charge in [-0.1, -0.05) is 30.7 Å². The lowest BCUT2D eigenvalue weighted by molar-refractivity contribution is 0.185. The highest BCUT2D eigenvalue weighted by molar-refractivity contribution is 6.30. The van der Waals surface area contributed by atoms with Crippen LogP contribution in [0.3, 0.4) is 0 Å². The number of hydrogen-bond acceptors (Lipinski definition) is 2. The Morgan fingerprint density at radius 3 is 2.52 bits per heavy atom. The number of hydrogen-bond donors (Lipinski definition) is 2. The molecule has 1 aromatic carbocycles. The largest absolute Gasteiger partial charge is 0.356 e. The molecule has 0 radical (unpaired) electrons. The predicted molar refractivity (Wildman–Crippen MR) is 99.1 cm³/mol. The van der Waals surface area contributed by atoms with E-state index in [0.717, 1.165) is 30.0 Å². The lowest BCUT2D eigenvalue weighted by Crippen LogP contribution is -2.42. The van der Waals surface area contributed by atoms with Crippen LogP contribution in [0.1, 0.15) is 31.7 Å². The quantitative estimate of drug-likeness (QED) is 0.619. The Morgan fingerprint density at radius 1 is 1.22 bits per heavy atom. The Balaban J connectivity index is 1.68. The van der Waals surface area contributed by atoms with Crippen LogP contribution in [0.2, 0.25) is 5.02 Å². The molecule has 0 aliphatic carbocycles. The van der Waals surface area contributed by atoms with Crippen LogP contribution in [0.5, 0.6) is 0 Å². The standard InChI is InChI=1S/C18H29ClN4/c1-3-10-23-11-8-16(9-12-23)14-22-18(20-2)21-13-15-4-6-17(19)7-5-15/h4-7,16H,3,8-14H2,1-2H3,(H2,20,21,22). The van der Waals surface area contributed by atoms with Crippen molar-refractivity contribution < 1.29 is 0 Å². The maximum Gasteiger partial charge on any atom is 0.191 e. The summed E-state index contributed by atoms with van der Waals surface area (Å²) < 4.78 is 0. The van der Waals surface area contributed by atoms with E-state index in [2.05, 4.69) is 27.4 Å². The van der Waals surface area contributed by atoms with Crippen molar-refractivity contribution in [2.45, 2.75) is 32.7 Å². The zero-order chi connectivity index (χ0) is 16.5. The van der Waals surface area contributed by atoms with E-state index in [1.165, 1.54) is 44.5 Å². The van der Waals surface area contributed by atoms with Gasteiger partial charge in [-0.05, 0) is 62.5 Å². The summed E-state index contributed by atoms with van der Waals surface area (Å²) >= 11 is 5.91. The molecule has 0 saturated carbocycles. The van der Waals surface area contributed by atoms with Crippen molar-refractivity contribution in [1.82, 2.24) is 15.5 Å². The van der Waals surface area contributed by atoms with Crippen molar-refractivity contribution in [1.29, 1.82) is 0 Å². The summed E-state index contributed by atoms with van der Waals surface area (Å²) in [6.45, 7) is 7.72. The van der Waals surface area contributed by atoms with Gasteiger partial charge < -0.3 is 15.5 Å². The topological polar surface area (TPSA) is 39.7 Å². The minimum atomic E-state index is 0.747. The normalized spacial score (nSPS) is 17.3. The van der Waals surface area contributed by atoms with E-state index < -0.39 is 0 Å². The lowest BCUT2D eigenvalue weighted by Gasteiger charge is -2.32. The third-order valence-corrected chi connectivity index (χ3v) is 4.65. The van der Waals surface area contributed by atoms with Crippen LogP contribution in [0, 0.1) is 5.92 Å². The minimum Gasteiger partial charge on any atom is -0.356 e. The molecule has 1 fully saturated rings. The maximum absolute atomic E-state index is 5.91. The summed E-state index contributed by atoms with van der Waals surface area (Å²) in [5, 5.41) is 7.59. The summed E-state index contributed by atoms with van der Waals surface area (Å²) in [6.07, 6.45) is 3.81. The highest BCUT2D eigenvalue weighted by Crippen LogP contribution is 2.16. The van der Waals surface area contributed by atoms with Gasteiger partial charge in [0.05, 0.1) is 0 Å². The monoisotopic (exact) mass is 336 g/mol. The van der Waals surface area contributed by atoms with Crippen LogP contribution < -0.4 is 10.6 Å².